The van der Waals surface area contributed by atoms with Crippen LogP contribution in [0.5, 0.6) is 0 Å². The van der Waals surface area contributed by atoms with Crippen molar-refractivity contribution in [3.63, 3.8) is 0 Å². The van der Waals surface area contributed by atoms with Crippen molar-refractivity contribution >= 4 is 34.7 Å². The number of nitrogens with two attached hydrogens (primary N) is 1. The fourth-order valence-electron chi connectivity index (χ4n) is 4.08. The molecule has 1 fully saturated rings. The van der Waals surface area contributed by atoms with Gasteiger partial charge in [-0.2, -0.15) is 4.98 Å². The van der Waals surface area contributed by atoms with Gasteiger partial charge in [0.05, 0.1) is 16.5 Å². The molecule has 0 saturated carbocycles. The minimum Gasteiger partial charge on any atom is -0.366 e. The quantitative estimate of drug-likeness (QED) is 0.327. The second-order valence-electron chi connectivity index (χ2n) is 8.49. The van der Waals surface area contributed by atoms with Crippen molar-refractivity contribution < 1.29 is 14.0 Å². The van der Waals surface area contributed by atoms with E-state index in [9.17, 15) is 14.0 Å². The van der Waals surface area contributed by atoms with Gasteiger partial charge in [-0.3, -0.25) is 9.59 Å². The predicted octanol–water partition coefficient (Wildman–Crippen LogP) is 2.76. The molecular formula is C24H24FN7O2S. The van der Waals surface area contributed by atoms with Gasteiger partial charge in [0.15, 0.2) is 5.65 Å². The number of thiophene rings is 1. The number of carbonyl (C=O) groups excluding carboxylic acids is 2. The first-order valence-electron chi connectivity index (χ1n) is 11.2. The molecule has 5 rings (SSSR count). The van der Waals surface area contributed by atoms with E-state index in [0.29, 0.717) is 21.7 Å². The first-order valence-corrected chi connectivity index (χ1v) is 12.1. The van der Waals surface area contributed by atoms with Crippen LogP contribution < -0.4 is 21.7 Å². The molecule has 0 radical (unpaired) electrons. The maximum absolute atomic E-state index is 13.2. The number of nitrogens with one attached hydrogen (secondary N) is 3. The summed E-state index contributed by atoms with van der Waals surface area (Å²) in [5.74, 6) is -0.747. The zero-order valence-electron chi connectivity index (χ0n) is 18.9. The number of nitrogens with zero attached hydrogens (tertiary/aromatic N) is 3. The number of hydrogen-bond acceptors (Lipinski definition) is 7. The molecule has 2 atom stereocenters. The van der Waals surface area contributed by atoms with Gasteiger partial charge in [0, 0.05) is 24.3 Å². The lowest BCUT2D eigenvalue weighted by atomic mass is 10.1. The zero-order chi connectivity index (χ0) is 24.5. The van der Waals surface area contributed by atoms with E-state index in [1.54, 1.807) is 30.5 Å². The van der Waals surface area contributed by atoms with E-state index in [4.69, 9.17) is 5.73 Å². The number of nitrogen functional groups attached to an aromatic ring is 1. The van der Waals surface area contributed by atoms with E-state index < -0.39 is 0 Å². The number of rotatable bonds is 6. The second kappa shape index (κ2) is 9.43. The average Bonchev–Trinajstić information content (AvgIpc) is 3.59. The Labute approximate surface area is 204 Å². The summed E-state index contributed by atoms with van der Waals surface area (Å²) >= 11 is 1.29. The average molecular weight is 494 g/mol. The number of anilines is 1. The lowest BCUT2D eigenvalue weighted by Gasteiger charge is -2.13. The summed E-state index contributed by atoms with van der Waals surface area (Å²) in [6.07, 6.45) is 2.59. The van der Waals surface area contributed by atoms with Gasteiger partial charge in [-0.25, -0.2) is 8.91 Å². The molecule has 3 aromatic heterocycles. The highest BCUT2D eigenvalue weighted by Crippen LogP contribution is 2.28. The molecule has 180 valence electrons. The van der Waals surface area contributed by atoms with Crippen LogP contribution in [0, 0.1) is 5.82 Å². The molecule has 0 bridgehead atoms. The van der Waals surface area contributed by atoms with Crippen LogP contribution in [0.3, 0.4) is 0 Å². The van der Waals surface area contributed by atoms with E-state index in [1.807, 2.05) is 12.3 Å². The number of hydrogen-bond donors (Lipinski definition) is 4. The Morgan fingerprint density at radius 2 is 2.03 bits per heavy atom. The van der Waals surface area contributed by atoms with Crippen LogP contribution in [-0.4, -0.2) is 45.5 Å². The van der Waals surface area contributed by atoms with Crippen LogP contribution >= 0.6 is 11.3 Å². The van der Waals surface area contributed by atoms with Crippen LogP contribution in [-0.2, 0) is 0 Å². The Balaban J connectivity index is 1.39. The SMILES string of the molecule is C[C@H](NC(=O)c1cc(-c2cc(C(=O)NC3CCNC3)c3nc(N)nn3c2)cs1)c1ccc(F)cc1. The summed E-state index contributed by atoms with van der Waals surface area (Å²) in [5.41, 5.74) is 8.81. The van der Waals surface area contributed by atoms with Crippen molar-refractivity contribution in [2.24, 2.45) is 0 Å². The van der Waals surface area contributed by atoms with Crippen LogP contribution in [0.4, 0.5) is 10.3 Å². The van der Waals surface area contributed by atoms with Gasteiger partial charge >= 0.3 is 0 Å². The molecule has 1 saturated heterocycles. The molecule has 0 spiro atoms. The second-order valence-corrected chi connectivity index (χ2v) is 9.40. The largest absolute Gasteiger partial charge is 0.366 e. The van der Waals surface area contributed by atoms with Crippen molar-refractivity contribution in [2.75, 3.05) is 18.8 Å². The zero-order valence-corrected chi connectivity index (χ0v) is 19.7. The smallest absolute Gasteiger partial charge is 0.261 e. The fourth-order valence-corrected chi connectivity index (χ4v) is 4.90. The van der Waals surface area contributed by atoms with Crippen LogP contribution in [0.2, 0.25) is 0 Å². The molecule has 1 aliphatic rings. The molecule has 1 aliphatic heterocycles. The molecule has 2 amide bonds. The van der Waals surface area contributed by atoms with Crippen molar-refractivity contribution in [1.29, 1.82) is 0 Å². The third-order valence-corrected chi connectivity index (χ3v) is 6.89. The predicted molar refractivity (Wildman–Crippen MR) is 132 cm³/mol. The van der Waals surface area contributed by atoms with Crippen LogP contribution in [0.25, 0.3) is 16.8 Å². The third-order valence-electron chi connectivity index (χ3n) is 5.96. The highest BCUT2D eigenvalue weighted by molar-refractivity contribution is 7.12. The molecule has 1 unspecified atom stereocenters. The highest BCUT2D eigenvalue weighted by atomic mass is 32.1. The molecule has 11 heteroatoms. The minimum absolute atomic E-state index is 0.0472. The van der Waals surface area contributed by atoms with Gasteiger partial charge in [0.1, 0.15) is 5.82 Å². The molecular weight excluding hydrogens is 469 g/mol. The summed E-state index contributed by atoms with van der Waals surface area (Å²) < 4.78 is 14.7. The summed E-state index contributed by atoms with van der Waals surface area (Å²) in [6, 6.07) is 9.29. The summed E-state index contributed by atoms with van der Waals surface area (Å²) in [4.78, 5) is 30.6. The number of halogens is 1. The van der Waals surface area contributed by atoms with Crippen molar-refractivity contribution in [3.8, 4) is 11.1 Å². The number of fused-ring (bicyclic) bond motifs is 1. The monoisotopic (exact) mass is 493 g/mol. The first-order chi connectivity index (χ1) is 16.9. The molecule has 1 aromatic carbocycles. The topological polar surface area (TPSA) is 126 Å². The Hall–Kier alpha value is -3.83. The standard InChI is InChI=1S/C24H24FN7O2S/c1-13(14-2-4-17(25)5-3-14)28-23(34)20-9-16(12-35-20)15-8-19(21-30-24(26)31-32(21)11-15)22(33)29-18-6-7-27-10-18/h2-5,8-9,11-13,18,27H,6-7,10H2,1H3,(H2,26,31)(H,28,34)(H,29,33)/t13-,18?/m0/s1. The third kappa shape index (κ3) is 4.86. The normalized spacial score (nSPS) is 16.3. The van der Waals surface area contributed by atoms with E-state index in [1.165, 1.54) is 28.0 Å². The Morgan fingerprint density at radius 3 is 2.77 bits per heavy atom. The minimum atomic E-state index is -0.325. The van der Waals surface area contributed by atoms with E-state index in [2.05, 4.69) is 26.0 Å². The van der Waals surface area contributed by atoms with E-state index in [-0.39, 0.29) is 35.7 Å². The molecule has 9 nitrogen and oxygen atoms in total. The summed E-state index contributed by atoms with van der Waals surface area (Å²) in [7, 11) is 0. The van der Waals surface area contributed by atoms with Gasteiger partial charge < -0.3 is 21.7 Å². The number of amides is 2. The first kappa shape index (κ1) is 22.9. The van der Waals surface area contributed by atoms with Gasteiger partial charge in [-0.05, 0) is 60.7 Å². The molecule has 0 aliphatic carbocycles. The Kier molecular flexibility index (Phi) is 6.18. The molecule has 35 heavy (non-hydrogen) atoms. The summed E-state index contributed by atoms with van der Waals surface area (Å²) in [5, 5.41) is 15.2. The van der Waals surface area contributed by atoms with Crippen LogP contribution in [0.15, 0.2) is 48.0 Å². The maximum Gasteiger partial charge on any atom is 0.261 e. The number of carbonyl (C=O) groups is 2. The van der Waals surface area contributed by atoms with Crippen LogP contribution in [0.1, 0.15) is 45.0 Å². The number of benzene rings is 1. The Bertz CT molecular complexity index is 1390. The van der Waals surface area contributed by atoms with E-state index >= 15 is 0 Å². The summed E-state index contributed by atoms with van der Waals surface area (Å²) in [6.45, 7) is 3.42. The van der Waals surface area contributed by atoms with Gasteiger partial charge in [0.2, 0.25) is 5.95 Å². The van der Waals surface area contributed by atoms with Gasteiger partial charge in [-0.1, -0.05) is 12.1 Å². The van der Waals surface area contributed by atoms with Gasteiger partial charge in [0.25, 0.3) is 11.8 Å². The number of aromatic nitrogens is 3. The van der Waals surface area contributed by atoms with E-state index in [0.717, 1.165) is 30.6 Å². The highest BCUT2D eigenvalue weighted by Gasteiger charge is 2.22. The maximum atomic E-state index is 13.2. The molecule has 5 N–H and O–H groups in total. The fraction of sp³-hybridized carbons (Fsp3) is 0.250. The molecule has 4 aromatic rings. The van der Waals surface area contributed by atoms with Crippen molar-refractivity contribution in [2.45, 2.75) is 25.4 Å². The lowest BCUT2D eigenvalue weighted by molar-refractivity contribution is 0.0934. The van der Waals surface area contributed by atoms with Crippen molar-refractivity contribution in [3.05, 3.63) is 69.8 Å². The molecule has 4 heterocycles. The Morgan fingerprint density at radius 1 is 1.23 bits per heavy atom. The lowest BCUT2D eigenvalue weighted by Crippen LogP contribution is -2.36. The number of pyridine rings is 1. The van der Waals surface area contributed by atoms with Crippen molar-refractivity contribution in [1.82, 2.24) is 30.5 Å². The van der Waals surface area contributed by atoms with Gasteiger partial charge in [-0.15, -0.1) is 16.4 Å².